The van der Waals surface area contributed by atoms with E-state index in [2.05, 4.69) is 4.90 Å². The molecule has 2 aliphatic rings. The minimum Gasteiger partial charge on any atom is -0.368 e. The maximum atomic E-state index is 13.2. The maximum absolute atomic E-state index is 13.2. The Morgan fingerprint density at radius 3 is 2.52 bits per heavy atom. The lowest BCUT2D eigenvalue weighted by molar-refractivity contribution is -0.116. The van der Waals surface area contributed by atoms with Gasteiger partial charge in [-0.05, 0) is 48.0 Å². The van der Waals surface area contributed by atoms with Crippen molar-refractivity contribution >= 4 is 46.6 Å². The van der Waals surface area contributed by atoms with E-state index < -0.39 is 0 Å². The van der Waals surface area contributed by atoms with Gasteiger partial charge in [0.25, 0.3) is 5.91 Å². The number of thioether (sulfide) groups is 1. The number of hydrogen-bond donors (Lipinski definition) is 0. The molecule has 1 fully saturated rings. The van der Waals surface area contributed by atoms with Crippen LogP contribution in [0.1, 0.15) is 15.9 Å². The number of hydrogen-bond acceptors (Lipinski definition) is 4. The van der Waals surface area contributed by atoms with Crippen LogP contribution in [0, 0.1) is 0 Å². The molecule has 0 radical (unpaired) electrons. The number of piperazine rings is 1. The molecule has 2 heterocycles. The second kappa shape index (κ2) is 9.49. The monoisotopic (exact) mass is 477 g/mol. The second-order valence-electron chi connectivity index (χ2n) is 8.20. The van der Waals surface area contributed by atoms with Crippen molar-refractivity contribution < 1.29 is 9.59 Å². The fourth-order valence-corrected chi connectivity index (χ4v) is 5.46. The van der Waals surface area contributed by atoms with Gasteiger partial charge in [0, 0.05) is 47.3 Å². The third kappa shape index (κ3) is 4.72. The summed E-state index contributed by atoms with van der Waals surface area (Å²) in [5, 5.41) is 0.719. The summed E-state index contributed by atoms with van der Waals surface area (Å²) in [7, 11) is 0. The van der Waals surface area contributed by atoms with Gasteiger partial charge in [-0.2, -0.15) is 0 Å². The second-order valence-corrected chi connectivity index (χ2v) is 9.65. The predicted molar refractivity (Wildman–Crippen MR) is 134 cm³/mol. The molecule has 7 heteroatoms. The minimum atomic E-state index is 0.0310. The zero-order chi connectivity index (χ0) is 22.8. The third-order valence-electron chi connectivity index (χ3n) is 6.06. The van der Waals surface area contributed by atoms with E-state index in [9.17, 15) is 9.59 Å². The van der Waals surface area contributed by atoms with Crippen molar-refractivity contribution in [3.63, 3.8) is 0 Å². The Bertz CT molecular complexity index is 1190. The van der Waals surface area contributed by atoms with Crippen molar-refractivity contribution in [2.24, 2.45) is 0 Å². The number of para-hydroxylation sites is 1. The Hall–Kier alpha value is -2.96. The van der Waals surface area contributed by atoms with Crippen LogP contribution in [0.2, 0.25) is 5.02 Å². The SMILES string of the molecule is O=C(c1cccc(CN2C(=O)CSc3ccccc32)c1)N1CCN(c2cccc(Cl)c2)CC1. The van der Waals surface area contributed by atoms with E-state index in [0.717, 1.165) is 39.9 Å². The van der Waals surface area contributed by atoms with Crippen molar-refractivity contribution in [2.75, 3.05) is 41.7 Å². The first-order valence-electron chi connectivity index (χ1n) is 11.0. The average Bonchev–Trinajstić information content (AvgIpc) is 2.86. The number of halogens is 1. The lowest BCUT2D eigenvalue weighted by atomic mass is 10.1. The highest BCUT2D eigenvalue weighted by molar-refractivity contribution is 8.00. The van der Waals surface area contributed by atoms with E-state index in [1.807, 2.05) is 82.6 Å². The van der Waals surface area contributed by atoms with Crippen LogP contribution in [0.3, 0.4) is 0 Å². The summed E-state index contributed by atoms with van der Waals surface area (Å²) < 4.78 is 0. The fourth-order valence-electron chi connectivity index (χ4n) is 4.34. The molecule has 0 aliphatic carbocycles. The largest absolute Gasteiger partial charge is 0.368 e. The summed E-state index contributed by atoms with van der Waals surface area (Å²) in [5.41, 5.74) is 3.64. The first-order valence-corrected chi connectivity index (χ1v) is 12.4. The van der Waals surface area contributed by atoms with Crippen molar-refractivity contribution in [2.45, 2.75) is 11.4 Å². The minimum absolute atomic E-state index is 0.0310. The highest BCUT2D eigenvalue weighted by Gasteiger charge is 2.26. The molecule has 0 bridgehead atoms. The number of rotatable bonds is 4. The average molecular weight is 478 g/mol. The van der Waals surface area contributed by atoms with Gasteiger partial charge < -0.3 is 14.7 Å². The molecule has 1 saturated heterocycles. The molecule has 0 N–H and O–H groups in total. The van der Waals surface area contributed by atoms with Crippen LogP contribution in [0.25, 0.3) is 0 Å². The molecule has 168 valence electrons. The molecule has 0 unspecified atom stereocenters. The molecule has 5 nitrogen and oxygen atoms in total. The Morgan fingerprint density at radius 1 is 0.909 bits per heavy atom. The van der Waals surface area contributed by atoms with Gasteiger partial charge in [0.2, 0.25) is 5.91 Å². The molecule has 0 saturated carbocycles. The number of nitrogens with zero attached hydrogens (tertiary/aromatic N) is 3. The van der Waals surface area contributed by atoms with Crippen LogP contribution < -0.4 is 9.80 Å². The first-order chi connectivity index (χ1) is 16.1. The Labute approximate surface area is 202 Å². The summed E-state index contributed by atoms with van der Waals surface area (Å²) in [6, 6.07) is 23.4. The molecule has 3 aromatic carbocycles. The van der Waals surface area contributed by atoms with Crippen molar-refractivity contribution in [1.29, 1.82) is 0 Å². The first kappa shape index (κ1) is 21.9. The quantitative estimate of drug-likeness (QED) is 0.533. The topological polar surface area (TPSA) is 43.9 Å². The third-order valence-corrected chi connectivity index (χ3v) is 7.35. The van der Waals surface area contributed by atoms with E-state index in [1.165, 1.54) is 0 Å². The van der Waals surface area contributed by atoms with E-state index in [1.54, 1.807) is 11.8 Å². The van der Waals surface area contributed by atoms with Crippen LogP contribution in [-0.2, 0) is 11.3 Å². The van der Waals surface area contributed by atoms with Crippen LogP contribution in [0.15, 0.2) is 77.7 Å². The number of fused-ring (bicyclic) bond motifs is 1. The number of carbonyl (C=O) groups is 2. The number of anilines is 2. The molecule has 0 atom stereocenters. The van der Waals surface area contributed by atoms with E-state index in [4.69, 9.17) is 11.6 Å². The van der Waals surface area contributed by atoms with E-state index in [-0.39, 0.29) is 11.8 Å². The van der Waals surface area contributed by atoms with E-state index >= 15 is 0 Å². The molecule has 2 aliphatic heterocycles. The number of benzene rings is 3. The molecule has 5 rings (SSSR count). The van der Waals surface area contributed by atoms with Crippen LogP contribution in [0.5, 0.6) is 0 Å². The van der Waals surface area contributed by atoms with Crippen LogP contribution >= 0.6 is 23.4 Å². The van der Waals surface area contributed by atoms with Gasteiger partial charge in [-0.3, -0.25) is 9.59 Å². The van der Waals surface area contributed by atoms with Gasteiger partial charge in [0.05, 0.1) is 18.0 Å². The standard InChI is InChI=1S/C26H24ClN3O2S/c27-21-7-4-8-22(16-21)28-11-13-29(14-12-28)26(32)20-6-3-5-19(15-20)17-30-23-9-1-2-10-24(23)33-18-25(30)31/h1-10,15-16H,11-14,17-18H2. The number of carbonyl (C=O) groups excluding carboxylic acids is 2. The Kier molecular flexibility index (Phi) is 6.29. The highest BCUT2D eigenvalue weighted by Crippen LogP contribution is 2.35. The molecule has 0 aromatic heterocycles. The highest BCUT2D eigenvalue weighted by atomic mass is 35.5. The zero-order valence-electron chi connectivity index (χ0n) is 18.1. The molecular formula is C26H24ClN3O2S. The van der Waals surface area contributed by atoms with Crippen molar-refractivity contribution in [3.05, 3.63) is 88.9 Å². The smallest absolute Gasteiger partial charge is 0.253 e. The van der Waals surface area contributed by atoms with Gasteiger partial charge in [-0.15, -0.1) is 11.8 Å². The summed E-state index contributed by atoms with van der Waals surface area (Å²) in [4.78, 5) is 32.9. The van der Waals surface area contributed by atoms with Gasteiger partial charge >= 0.3 is 0 Å². The van der Waals surface area contributed by atoms with Gasteiger partial charge in [-0.1, -0.05) is 41.9 Å². The molecule has 33 heavy (non-hydrogen) atoms. The maximum Gasteiger partial charge on any atom is 0.253 e. The molecular weight excluding hydrogens is 454 g/mol. The predicted octanol–water partition coefficient (Wildman–Crippen LogP) is 4.94. The van der Waals surface area contributed by atoms with Crippen LogP contribution in [0.4, 0.5) is 11.4 Å². The lowest BCUT2D eigenvalue weighted by Gasteiger charge is -2.36. The Balaban J connectivity index is 1.27. The fraction of sp³-hybridized carbons (Fsp3) is 0.231. The van der Waals surface area contributed by atoms with Crippen LogP contribution in [-0.4, -0.2) is 48.6 Å². The Morgan fingerprint density at radius 2 is 1.70 bits per heavy atom. The van der Waals surface area contributed by atoms with Gasteiger partial charge in [0.15, 0.2) is 0 Å². The summed E-state index contributed by atoms with van der Waals surface area (Å²) >= 11 is 7.70. The summed E-state index contributed by atoms with van der Waals surface area (Å²) in [5.74, 6) is 0.558. The number of amides is 2. The lowest BCUT2D eigenvalue weighted by Crippen LogP contribution is -2.48. The summed E-state index contributed by atoms with van der Waals surface area (Å²) in [6.07, 6.45) is 0. The van der Waals surface area contributed by atoms with Crippen molar-refractivity contribution in [3.8, 4) is 0 Å². The molecule has 0 spiro atoms. The van der Waals surface area contributed by atoms with E-state index in [0.29, 0.717) is 31.0 Å². The molecule has 2 amide bonds. The van der Waals surface area contributed by atoms with Gasteiger partial charge in [0.1, 0.15) is 0 Å². The summed E-state index contributed by atoms with van der Waals surface area (Å²) in [6.45, 7) is 3.31. The zero-order valence-corrected chi connectivity index (χ0v) is 19.7. The van der Waals surface area contributed by atoms with Crippen molar-refractivity contribution in [1.82, 2.24) is 4.90 Å². The molecule has 3 aromatic rings. The normalized spacial score (nSPS) is 16.0. The van der Waals surface area contributed by atoms with Gasteiger partial charge in [-0.25, -0.2) is 0 Å².